The number of fused-ring (bicyclic) bond motifs is 1. The van der Waals surface area contributed by atoms with E-state index in [1.807, 2.05) is 22.4 Å². The first kappa shape index (κ1) is 10.8. The Morgan fingerprint density at radius 2 is 2.27 bits per heavy atom. The standard InChI is InChI=1S/C12H17NOS/c1-15-9-3-8-13-11-5-2-4-10(11)6-7-12(13)14/h6-7H,2-5,8-9H2,1H3. The largest absolute Gasteiger partial charge is 0.312 e. The van der Waals surface area contributed by atoms with Crippen molar-refractivity contribution in [2.75, 3.05) is 12.0 Å². The van der Waals surface area contributed by atoms with Crippen molar-refractivity contribution >= 4 is 11.8 Å². The summed E-state index contributed by atoms with van der Waals surface area (Å²) in [5, 5.41) is 0. The van der Waals surface area contributed by atoms with Crippen LogP contribution in [0.25, 0.3) is 0 Å². The minimum atomic E-state index is 0.178. The van der Waals surface area contributed by atoms with Crippen LogP contribution in [0.2, 0.25) is 0 Å². The van der Waals surface area contributed by atoms with E-state index in [0.717, 1.165) is 31.6 Å². The Morgan fingerprint density at radius 1 is 1.40 bits per heavy atom. The molecule has 1 aromatic rings. The lowest BCUT2D eigenvalue weighted by Crippen LogP contribution is -2.23. The molecule has 0 aromatic carbocycles. The molecular formula is C12H17NOS. The van der Waals surface area contributed by atoms with E-state index in [2.05, 4.69) is 6.26 Å². The predicted octanol–water partition coefficient (Wildman–Crippen LogP) is 2.09. The zero-order valence-corrected chi connectivity index (χ0v) is 9.98. The van der Waals surface area contributed by atoms with Crippen molar-refractivity contribution in [1.82, 2.24) is 4.57 Å². The summed E-state index contributed by atoms with van der Waals surface area (Å²) in [5.74, 6) is 1.14. The fourth-order valence-electron chi connectivity index (χ4n) is 2.25. The number of thioether (sulfide) groups is 1. The van der Waals surface area contributed by atoms with Gasteiger partial charge < -0.3 is 4.57 Å². The minimum absolute atomic E-state index is 0.178. The number of hydrogen-bond donors (Lipinski definition) is 0. The average Bonchev–Trinajstić information content (AvgIpc) is 2.69. The summed E-state index contributed by atoms with van der Waals surface area (Å²) >= 11 is 1.84. The van der Waals surface area contributed by atoms with E-state index >= 15 is 0 Å². The highest BCUT2D eigenvalue weighted by atomic mass is 32.2. The van der Waals surface area contributed by atoms with Crippen LogP contribution in [0.4, 0.5) is 0 Å². The van der Waals surface area contributed by atoms with Crippen LogP contribution in [0, 0.1) is 0 Å². The normalized spacial score (nSPS) is 14.2. The summed E-state index contributed by atoms with van der Waals surface area (Å²) in [4.78, 5) is 11.7. The highest BCUT2D eigenvalue weighted by Gasteiger charge is 2.14. The van der Waals surface area contributed by atoms with Crippen LogP contribution in [0.1, 0.15) is 24.1 Å². The van der Waals surface area contributed by atoms with Crippen molar-refractivity contribution in [3.8, 4) is 0 Å². The van der Waals surface area contributed by atoms with Crippen molar-refractivity contribution in [3.63, 3.8) is 0 Å². The molecular weight excluding hydrogens is 206 g/mol. The van der Waals surface area contributed by atoms with Gasteiger partial charge >= 0.3 is 0 Å². The SMILES string of the molecule is CSCCCn1c2c(ccc1=O)CCC2. The first-order valence-electron chi connectivity index (χ1n) is 5.53. The van der Waals surface area contributed by atoms with Gasteiger partial charge in [-0.25, -0.2) is 0 Å². The van der Waals surface area contributed by atoms with Crippen LogP contribution in [0.5, 0.6) is 0 Å². The van der Waals surface area contributed by atoms with Crippen LogP contribution in [0.15, 0.2) is 16.9 Å². The molecule has 1 aromatic heterocycles. The fraction of sp³-hybridized carbons (Fsp3) is 0.583. The molecule has 0 fully saturated rings. The molecule has 1 heterocycles. The molecule has 82 valence electrons. The van der Waals surface area contributed by atoms with Crippen molar-refractivity contribution < 1.29 is 0 Å². The molecule has 15 heavy (non-hydrogen) atoms. The van der Waals surface area contributed by atoms with E-state index in [1.54, 1.807) is 6.07 Å². The third-order valence-electron chi connectivity index (χ3n) is 2.98. The van der Waals surface area contributed by atoms with Gasteiger partial charge in [0.25, 0.3) is 5.56 Å². The molecule has 0 saturated carbocycles. The highest BCUT2D eigenvalue weighted by molar-refractivity contribution is 7.98. The average molecular weight is 223 g/mol. The van der Waals surface area contributed by atoms with Crippen molar-refractivity contribution in [2.24, 2.45) is 0 Å². The molecule has 2 nitrogen and oxygen atoms in total. The lowest BCUT2D eigenvalue weighted by Gasteiger charge is -2.11. The van der Waals surface area contributed by atoms with Crippen LogP contribution >= 0.6 is 11.8 Å². The summed E-state index contributed by atoms with van der Waals surface area (Å²) in [6.45, 7) is 0.892. The van der Waals surface area contributed by atoms with Gasteiger partial charge in [-0.2, -0.15) is 11.8 Å². The van der Waals surface area contributed by atoms with Gasteiger partial charge in [0.1, 0.15) is 0 Å². The molecule has 0 saturated heterocycles. The van der Waals surface area contributed by atoms with Crippen LogP contribution < -0.4 is 5.56 Å². The molecule has 3 heteroatoms. The number of hydrogen-bond acceptors (Lipinski definition) is 2. The van der Waals surface area contributed by atoms with E-state index in [4.69, 9.17) is 0 Å². The van der Waals surface area contributed by atoms with Crippen LogP contribution in [0.3, 0.4) is 0 Å². The van der Waals surface area contributed by atoms with Crippen molar-refractivity contribution in [1.29, 1.82) is 0 Å². The Labute approximate surface area is 94.7 Å². The van der Waals surface area contributed by atoms with Gasteiger partial charge in [0, 0.05) is 18.3 Å². The zero-order chi connectivity index (χ0) is 10.7. The van der Waals surface area contributed by atoms with Gasteiger partial charge in [-0.3, -0.25) is 4.79 Å². The monoisotopic (exact) mass is 223 g/mol. The highest BCUT2D eigenvalue weighted by Crippen LogP contribution is 2.20. The number of aryl methyl sites for hydroxylation is 1. The van der Waals surface area contributed by atoms with E-state index in [1.165, 1.54) is 17.7 Å². The third kappa shape index (κ3) is 2.28. The molecule has 0 amide bonds. The Kier molecular flexibility index (Phi) is 3.52. The van der Waals surface area contributed by atoms with Gasteiger partial charge in [-0.1, -0.05) is 6.07 Å². The lowest BCUT2D eigenvalue weighted by atomic mass is 10.2. The maximum absolute atomic E-state index is 11.7. The van der Waals surface area contributed by atoms with Gasteiger partial charge in [-0.05, 0) is 43.3 Å². The molecule has 1 aliphatic rings. The maximum atomic E-state index is 11.7. The van der Waals surface area contributed by atoms with Crippen molar-refractivity contribution in [3.05, 3.63) is 33.7 Å². The molecule has 0 radical (unpaired) electrons. The first-order valence-corrected chi connectivity index (χ1v) is 6.93. The summed E-state index contributed by atoms with van der Waals surface area (Å²) < 4.78 is 1.98. The molecule has 1 aliphatic carbocycles. The molecule has 0 spiro atoms. The second kappa shape index (κ2) is 4.88. The Hall–Kier alpha value is -0.700. The third-order valence-corrected chi connectivity index (χ3v) is 3.68. The number of pyridine rings is 1. The second-order valence-corrected chi connectivity index (χ2v) is 4.98. The second-order valence-electron chi connectivity index (χ2n) is 4.00. The molecule has 0 N–H and O–H groups in total. The van der Waals surface area contributed by atoms with E-state index in [0.29, 0.717) is 0 Å². The number of rotatable bonds is 4. The van der Waals surface area contributed by atoms with E-state index < -0.39 is 0 Å². The fourth-order valence-corrected chi connectivity index (χ4v) is 2.66. The summed E-state index contributed by atoms with van der Waals surface area (Å²) in [6, 6.07) is 3.74. The Bertz CT molecular complexity index is 397. The smallest absolute Gasteiger partial charge is 0.250 e. The topological polar surface area (TPSA) is 22.0 Å². The lowest BCUT2D eigenvalue weighted by molar-refractivity contribution is 0.627. The molecule has 0 aliphatic heterocycles. The van der Waals surface area contributed by atoms with E-state index in [9.17, 15) is 4.79 Å². The Morgan fingerprint density at radius 3 is 3.07 bits per heavy atom. The van der Waals surface area contributed by atoms with E-state index in [-0.39, 0.29) is 5.56 Å². The summed E-state index contributed by atoms with van der Waals surface area (Å²) in [7, 11) is 0. The molecule has 0 unspecified atom stereocenters. The van der Waals surface area contributed by atoms with Gasteiger partial charge in [0.05, 0.1) is 0 Å². The maximum Gasteiger partial charge on any atom is 0.250 e. The minimum Gasteiger partial charge on any atom is -0.312 e. The van der Waals surface area contributed by atoms with Crippen molar-refractivity contribution in [2.45, 2.75) is 32.2 Å². The molecule has 2 rings (SSSR count). The van der Waals surface area contributed by atoms with Crippen LogP contribution in [-0.2, 0) is 19.4 Å². The van der Waals surface area contributed by atoms with Crippen LogP contribution in [-0.4, -0.2) is 16.6 Å². The number of nitrogens with zero attached hydrogens (tertiary/aromatic N) is 1. The summed E-state index contributed by atoms with van der Waals surface area (Å²) in [5.41, 5.74) is 2.86. The zero-order valence-electron chi connectivity index (χ0n) is 9.16. The van der Waals surface area contributed by atoms with Gasteiger partial charge in [0.2, 0.25) is 0 Å². The predicted molar refractivity (Wildman–Crippen MR) is 65.7 cm³/mol. The van der Waals surface area contributed by atoms with Gasteiger partial charge in [0.15, 0.2) is 0 Å². The molecule has 0 bridgehead atoms. The Balaban J connectivity index is 2.21. The molecule has 0 atom stereocenters. The summed E-state index contributed by atoms with van der Waals surface area (Å²) in [6.07, 6.45) is 6.65. The number of aromatic nitrogens is 1. The quantitative estimate of drug-likeness (QED) is 0.729. The van der Waals surface area contributed by atoms with Gasteiger partial charge in [-0.15, -0.1) is 0 Å². The first-order chi connectivity index (χ1) is 7.33.